The van der Waals surface area contributed by atoms with Gasteiger partial charge in [0, 0.05) is 5.69 Å². The standard InChI is InChI=1S/C14H16ClNO2/c1-5-9-8(2)13(15)12-10(17-3)6-7-11(18-4)14(12)16-9/h6-7H,5H2,1-4H3. The molecule has 1 aromatic carbocycles. The van der Waals surface area contributed by atoms with Gasteiger partial charge in [0.05, 0.1) is 24.6 Å². The van der Waals surface area contributed by atoms with Crippen molar-refractivity contribution in [2.24, 2.45) is 0 Å². The zero-order valence-electron chi connectivity index (χ0n) is 11.0. The van der Waals surface area contributed by atoms with Gasteiger partial charge in [-0.1, -0.05) is 18.5 Å². The Labute approximate surface area is 112 Å². The maximum absolute atomic E-state index is 6.45. The summed E-state index contributed by atoms with van der Waals surface area (Å²) in [6.07, 6.45) is 0.835. The SMILES string of the molecule is CCc1nc2c(OC)ccc(OC)c2c(Cl)c1C. The van der Waals surface area contributed by atoms with Crippen LogP contribution >= 0.6 is 11.6 Å². The minimum atomic E-state index is 0.688. The Balaban J connectivity index is 2.93. The summed E-state index contributed by atoms with van der Waals surface area (Å²) in [4.78, 5) is 4.64. The lowest BCUT2D eigenvalue weighted by molar-refractivity contribution is 0.409. The van der Waals surface area contributed by atoms with Crippen LogP contribution < -0.4 is 9.47 Å². The second-order valence-corrected chi connectivity index (χ2v) is 4.42. The molecule has 0 aliphatic carbocycles. The molecule has 0 saturated carbocycles. The van der Waals surface area contributed by atoms with Gasteiger partial charge in [-0.05, 0) is 31.0 Å². The van der Waals surface area contributed by atoms with Gasteiger partial charge in [-0.15, -0.1) is 0 Å². The molecule has 18 heavy (non-hydrogen) atoms. The van der Waals surface area contributed by atoms with E-state index in [0.29, 0.717) is 16.5 Å². The van der Waals surface area contributed by atoms with Crippen molar-refractivity contribution in [3.8, 4) is 11.5 Å². The number of halogens is 1. The van der Waals surface area contributed by atoms with Gasteiger partial charge in [-0.2, -0.15) is 0 Å². The molecule has 2 aromatic rings. The molecule has 0 N–H and O–H groups in total. The minimum absolute atomic E-state index is 0.688. The topological polar surface area (TPSA) is 31.4 Å². The fourth-order valence-corrected chi connectivity index (χ4v) is 2.38. The van der Waals surface area contributed by atoms with E-state index in [1.807, 2.05) is 19.1 Å². The van der Waals surface area contributed by atoms with E-state index in [1.54, 1.807) is 14.2 Å². The number of rotatable bonds is 3. The second kappa shape index (κ2) is 5.02. The van der Waals surface area contributed by atoms with Crippen LogP contribution in [0, 0.1) is 6.92 Å². The second-order valence-electron chi connectivity index (χ2n) is 4.04. The van der Waals surface area contributed by atoms with Crippen LogP contribution in [0.5, 0.6) is 11.5 Å². The zero-order chi connectivity index (χ0) is 13.3. The van der Waals surface area contributed by atoms with E-state index in [9.17, 15) is 0 Å². The third-order valence-electron chi connectivity index (χ3n) is 3.11. The highest BCUT2D eigenvalue weighted by Gasteiger charge is 2.16. The number of methoxy groups -OCH3 is 2. The van der Waals surface area contributed by atoms with Crippen molar-refractivity contribution in [2.45, 2.75) is 20.3 Å². The third kappa shape index (κ3) is 1.89. The predicted molar refractivity (Wildman–Crippen MR) is 74.0 cm³/mol. The van der Waals surface area contributed by atoms with Crippen molar-refractivity contribution < 1.29 is 9.47 Å². The molecule has 0 aliphatic heterocycles. The van der Waals surface area contributed by atoms with Crippen molar-refractivity contribution >= 4 is 22.5 Å². The molecule has 96 valence electrons. The van der Waals surface area contributed by atoms with E-state index in [4.69, 9.17) is 21.1 Å². The Morgan fingerprint density at radius 2 is 1.78 bits per heavy atom. The number of benzene rings is 1. The lowest BCUT2D eigenvalue weighted by Crippen LogP contribution is -1.98. The van der Waals surface area contributed by atoms with Crippen LogP contribution in [0.25, 0.3) is 10.9 Å². The zero-order valence-corrected chi connectivity index (χ0v) is 11.8. The molecule has 0 atom stereocenters. The Kier molecular flexibility index (Phi) is 3.62. The average molecular weight is 266 g/mol. The highest BCUT2D eigenvalue weighted by Crippen LogP contribution is 2.38. The number of hydrogen-bond acceptors (Lipinski definition) is 3. The molecule has 0 aliphatic rings. The quantitative estimate of drug-likeness (QED) is 0.846. The van der Waals surface area contributed by atoms with Gasteiger partial charge in [0.1, 0.15) is 17.0 Å². The Bertz CT molecular complexity index is 596. The van der Waals surface area contributed by atoms with E-state index >= 15 is 0 Å². The van der Waals surface area contributed by atoms with Crippen LogP contribution in [0.1, 0.15) is 18.2 Å². The molecule has 3 nitrogen and oxygen atoms in total. The molecule has 1 aromatic heterocycles. The van der Waals surface area contributed by atoms with E-state index in [-0.39, 0.29) is 0 Å². The first-order valence-electron chi connectivity index (χ1n) is 5.83. The summed E-state index contributed by atoms with van der Waals surface area (Å²) >= 11 is 6.45. The van der Waals surface area contributed by atoms with Crippen LogP contribution in [-0.4, -0.2) is 19.2 Å². The number of aryl methyl sites for hydroxylation is 1. The first-order chi connectivity index (χ1) is 8.63. The molecule has 0 amide bonds. The van der Waals surface area contributed by atoms with Crippen LogP contribution in [0.4, 0.5) is 0 Å². The number of nitrogens with zero attached hydrogens (tertiary/aromatic N) is 1. The lowest BCUT2D eigenvalue weighted by atomic mass is 10.1. The smallest absolute Gasteiger partial charge is 0.145 e. The summed E-state index contributed by atoms with van der Waals surface area (Å²) in [6, 6.07) is 3.69. The molecular weight excluding hydrogens is 250 g/mol. The van der Waals surface area contributed by atoms with Gasteiger partial charge in [-0.25, -0.2) is 4.98 Å². The van der Waals surface area contributed by atoms with Crippen LogP contribution in [0.3, 0.4) is 0 Å². The highest BCUT2D eigenvalue weighted by atomic mass is 35.5. The van der Waals surface area contributed by atoms with Gasteiger partial charge in [0.2, 0.25) is 0 Å². The van der Waals surface area contributed by atoms with Gasteiger partial charge in [0.25, 0.3) is 0 Å². The first-order valence-corrected chi connectivity index (χ1v) is 6.21. The van der Waals surface area contributed by atoms with E-state index in [1.165, 1.54) is 0 Å². The molecule has 0 spiro atoms. The van der Waals surface area contributed by atoms with Crippen LogP contribution in [-0.2, 0) is 6.42 Å². The minimum Gasteiger partial charge on any atom is -0.496 e. The van der Waals surface area contributed by atoms with Crippen LogP contribution in [0.2, 0.25) is 5.02 Å². The first kappa shape index (κ1) is 13.0. The molecule has 0 unspecified atom stereocenters. The Morgan fingerprint density at radius 1 is 1.17 bits per heavy atom. The Morgan fingerprint density at radius 3 is 2.33 bits per heavy atom. The van der Waals surface area contributed by atoms with Crippen molar-refractivity contribution in [3.63, 3.8) is 0 Å². The van der Waals surface area contributed by atoms with E-state index < -0.39 is 0 Å². The number of pyridine rings is 1. The molecule has 0 bridgehead atoms. The third-order valence-corrected chi connectivity index (χ3v) is 3.58. The Hall–Kier alpha value is -1.48. The van der Waals surface area contributed by atoms with Crippen LogP contribution in [0.15, 0.2) is 12.1 Å². The lowest BCUT2D eigenvalue weighted by Gasteiger charge is -2.14. The monoisotopic (exact) mass is 265 g/mol. The fraction of sp³-hybridized carbons (Fsp3) is 0.357. The molecule has 0 radical (unpaired) electrons. The van der Waals surface area contributed by atoms with Crippen molar-refractivity contribution in [3.05, 3.63) is 28.4 Å². The summed E-state index contributed by atoms with van der Waals surface area (Å²) in [5.74, 6) is 1.43. The average Bonchev–Trinajstić information content (AvgIpc) is 2.41. The number of aromatic nitrogens is 1. The number of hydrogen-bond donors (Lipinski definition) is 0. The van der Waals surface area contributed by atoms with Gasteiger partial charge in [0.15, 0.2) is 0 Å². The normalized spacial score (nSPS) is 10.7. The molecule has 2 rings (SSSR count). The van der Waals surface area contributed by atoms with Gasteiger partial charge in [-0.3, -0.25) is 0 Å². The molecule has 4 heteroatoms. The maximum Gasteiger partial charge on any atom is 0.145 e. The molecular formula is C14H16ClNO2. The highest BCUT2D eigenvalue weighted by molar-refractivity contribution is 6.37. The van der Waals surface area contributed by atoms with Gasteiger partial charge < -0.3 is 9.47 Å². The van der Waals surface area contributed by atoms with Crippen molar-refractivity contribution in [1.82, 2.24) is 4.98 Å². The molecule has 1 heterocycles. The van der Waals surface area contributed by atoms with E-state index in [0.717, 1.165) is 28.6 Å². The van der Waals surface area contributed by atoms with E-state index in [2.05, 4.69) is 11.9 Å². The maximum atomic E-state index is 6.45. The number of fused-ring (bicyclic) bond motifs is 1. The van der Waals surface area contributed by atoms with Crippen molar-refractivity contribution in [1.29, 1.82) is 0 Å². The summed E-state index contributed by atoms with van der Waals surface area (Å²) in [5.41, 5.74) is 2.74. The summed E-state index contributed by atoms with van der Waals surface area (Å²) < 4.78 is 10.7. The molecule has 0 saturated heterocycles. The summed E-state index contributed by atoms with van der Waals surface area (Å²) in [6.45, 7) is 4.04. The molecule has 0 fully saturated rings. The van der Waals surface area contributed by atoms with Crippen molar-refractivity contribution in [2.75, 3.05) is 14.2 Å². The predicted octanol–water partition coefficient (Wildman–Crippen LogP) is 3.78. The fourth-order valence-electron chi connectivity index (χ4n) is 2.09. The van der Waals surface area contributed by atoms with Gasteiger partial charge >= 0.3 is 0 Å². The summed E-state index contributed by atoms with van der Waals surface area (Å²) in [5, 5.41) is 1.50. The number of ether oxygens (including phenoxy) is 2. The largest absolute Gasteiger partial charge is 0.496 e. The summed E-state index contributed by atoms with van der Waals surface area (Å²) in [7, 11) is 3.25.